The summed E-state index contributed by atoms with van der Waals surface area (Å²) in [5.41, 5.74) is 1.05. The molecule has 1 atom stereocenters. The van der Waals surface area contributed by atoms with Gasteiger partial charge in [0.15, 0.2) is 0 Å². The zero-order valence-corrected chi connectivity index (χ0v) is 15.0. The predicted molar refractivity (Wildman–Crippen MR) is 94.2 cm³/mol. The van der Waals surface area contributed by atoms with E-state index < -0.39 is 0 Å². The summed E-state index contributed by atoms with van der Waals surface area (Å²) in [4.78, 5) is 12.5. The lowest BCUT2D eigenvalue weighted by Gasteiger charge is -2.30. The lowest BCUT2D eigenvalue weighted by molar-refractivity contribution is -0.126. The first-order valence-corrected chi connectivity index (χ1v) is 8.12. The molecule has 1 aromatic rings. The summed E-state index contributed by atoms with van der Waals surface area (Å²) in [6.07, 6.45) is 2.60. The first kappa shape index (κ1) is 19.9. The molecule has 1 aliphatic rings. The molecule has 1 saturated heterocycles. The molecule has 23 heavy (non-hydrogen) atoms. The van der Waals surface area contributed by atoms with E-state index in [-0.39, 0.29) is 41.5 Å². The van der Waals surface area contributed by atoms with E-state index in [1.165, 1.54) is 12.1 Å². The molecule has 0 aliphatic carbocycles. The summed E-state index contributed by atoms with van der Waals surface area (Å²) in [5, 5.41) is 6.47. The number of carbonyl (C=O) groups excluding carboxylic acids is 1. The SMILES string of the molecule is CC(C)(C)CC(NC(=O)C1CCNCC1)c1ccc(F)cc1.Cl. The van der Waals surface area contributed by atoms with Crippen LogP contribution in [0.1, 0.15) is 51.6 Å². The molecule has 0 saturated carbocycles. The molecular formula is C18H28ClFN2O. The number of amides is 1. The Balaban J connectivity index is 0.00000264. The quantitative estimate of drug-likeness (QED) is 0.872. The van der Waals surface area contributed by atoms with Crippen LogP contribution in [0.25, 0.3) is 0 Å². The maximum absolute atomic E-state index is 13.1. The van der Waals surface area contributed by atoms with Crippen LogP contribution in [0.5, 0.6) is 0 Å². The summed E-state index contributed by atoms with van der Waals surface area (Å²) in [5.74, 6) is -0.0350. The number of nitrogens with one attached hydrogen (secondary N) is 2. The fourth-order valence-electron chi connectivity index (χ4n) is 2.93. The molecule has 0 radical (unpaired) electrons. The first-order chi connectivity index (χ1) is 10.3. The van der Waals surface area contributed by atoms with Crippen LogP contribution >= 0.6 is 12.4 Å². The Kier molecular flexibility index (Phi) is 7.49. The fraction of sp³-hybridized carbons (Fsp3) is 0.611. The van der Waals surface area contributed by atoms with Gasteiger partial charge in [-0.25, -0.2) is 4.39 Å². The van der Waals surface area contributed by atoms with Gasteiger partial charge in [-0.2, -0.15) is 0 Å². The average Bonchev–Trinajstić information content (AvgIpc) is 2.47. The van der Waals surface area contributed by atoms with E-state index in [2.05, 4.69) is 31.4 Å². The normalized spacial score (nSPS) is 17.2. The largest absolute Gasteiger partial charge is 0.349 e. The number of rotatable bonds is 4. The minimum absolute atomic E-state index is 0. The van der Waals surface area contributed by atoms with E-state index in [0.29, 0.717) is 0 Å². The van der Waals surface area contributed by atoms with Crippen LogP contribution in [0.3, 0.4) is 0 Å². The highest BCUT2D eigenvalue weighted by atomic mass is 35.5. The maximum Gasteiger partial charge on any atom is 0.223 e. The maximum atomic E-state index is 13.1. The van der Waals surface area contributed by atoms with Crippen molar-refractivity contribution < 1.29 is 9.18 Å². The van der Waals surface area contributed by atoms with Gasteiger partial charge in [0.05, 0.1) is 6.04 Å². The Labute approximate surface area is 144 Å². The number of benzene rings is 1. The number of piperidine rings is 1. The van der Waals surface area contributed by atoms with E-state index in [0.717, 1.165) is 37.9 Å². The van der Waals surface area contributed by atoms with Crippen molar-refractivity contribution in [2.45, 2.75) is 46.1 Å². The van der Waals surface area contributed by atoms with Gasteiger partial charge in [-0.15, -0.1) is 12.4 Å². The molecule has 1 aliphatic heterocycles. The van der Waals surface area contributed by atoms with Gasteiger partial charge >= 0.3 is 0 Å². The van der Waals surface area contributed by atoms with Gasteiger partial charge in [0.25, 0.3) is 0 Å². The van der Waals surface area contributed by atoms with Crippen LogP contribution in [0.2, 0.25) is 0 Å². The molecule has 1 amide bonds. The third-order valence-electron chi connectivity index (χ3n) is 4.12. The third-order valence-corrected chi connectivity index (χ3v) is 4.12. The summed E-state index contributed by atoms with van der Waals surface area (Å²) >= 11 is 0. The molecule has 0 aromatic heterocycles. The Morgan fingerprint density at radius 3 is 2.35 bits per heavy atom. The lowest BCUT2D eigenvalue weighted by Crippen LogP contribution is -2.40. The van der Waals surface area contributed by atoms with E-state index in [1.54, 1.807) is 12.1 Å². The van der Waals surface area contributed by atoms with E-state index in [9.17, 15) is 9.18 Å². The van der Waals surface area contributed by atoms with Crippen molar-refractivity contribution in [3.63, 3.8) is 0 Å². The molecule has 2 rings (SSSR count). The minimum Gasteiger partial charge on any atom is -0.349 e. The molecular weight excluding hydrogens is 315 g/mol. The van der Waals surface area contributed by atoms with Crippen molar-refractivity contribution >= 4 is 18.3 Å². The van der Waals surface area contributed by atoms with E-state index >= 15 is 0 Å². The fourth-order valence-corrected chi connectivity index (χ4v) is 2.93. The molecule has 0 bridgehead atoms. The van der Waals surface area contributed by atoms with Crippen molar-refractivity contribution in [3.8, 4) is 0 Å². The van der Waals surface area contributed by atoms with Gasteiger partial charge in [0.1, 0.15) is 5.82 Å². The van der Waals surface area contributed by atoms with Gasteiger partial charge in [-0.3, -0.25) is 4.79 Å². The second-order valence-corrected chi connectivity index (χ2v) is 7.40. The summed E-state index contributed by atoms with van der Waals surface area (Å²) in [7, 11) is 0. The zero-order valence-electron chi connectivity index (χ0n) is 14.2. The molecule has 1 fully saturated rings. The van der Waals surface area contributed by atoms with Gasteiger partial charge < -0.3 is 10.6 Å². The second kappa shape index (κ2) is 8.65. The smallest absolute Gasteiger partial charge is 0.223 e. The highest BCUT2D eigenvalue weighted by molar-refractivity contribution is 5.85. The number of carbonyl (C=O) groups is 1. The van der Waals surface area contributed by atoms with Gasteiger partial charge in [-0.05, 0) is 55.5 Å². The van der Waals surface area contributed by atoms with Crippen LogP contribution in [-0.4, -0.2) is 19.0 Å². The average molecular weight is 343 g/mol. The molecule has 5 heteroatoms. The van der Waals surface area contributed by atoms with Crippen molar-refractivity contribution in [3.05, 3.63) is 35.6 Å². The Bertz CT molecular complexity index is 493. The van der Waals surface area contributed by atoms with Crippen molar-refractivity contribution in [2.75, 3.05) is 13.1 Å². The molecule has 1 unspecified atom stereocenters. The van der Waals surface area contributed by atoms with Crippen LogP contribution < -0.4 is 10.6 Å². The summed E-state index contributed by atoms with van der Waals surface area (Å²) < 4.78 is 13.1. The Morgan fingerprint density at radius 1 is 1.26 bits per heavy atom. The predicted octanol–water partition coefficient (Wildman–Crippen LogP) is 3.84. The van der Waals surface area contributed by atoms with Gasteiger partial charge in [0, 0.05) is 5.92 Å². The topological polar surface area (TPSA) is 41.1 Å². The number of hydrogen-bond acceptors (Lipinski definition) is 2. The Hall–Kier alpha value is -1.13. The minimum atomic E-state index is -0.247. The third kappa shape index (κ3) is 6.48. The molecule has 3 nitrogen and oxygen atoms in total. The zero-order chi connectivity index (χ0) is 16.2. The molecule has 2 N–H and O–H groups in total. The number of halogens is 2. The molecule has 0 spiro atoms. The standard InChI is InChI=1S/C18H27FN2O.ClH/c1-18(2,3)12-16(13-4-6-15(19)7-5-13)21-17(22)14-8-10-20-11-9-14;/h4-7,14,16,20H,8-12H2,1-3H3,(H,21,22);1H. The highest BCUT2D eigenvalue weighted by Gasteiger charge is 2.26. The monoisotopic (exact) mass is 342 g/mol. The lowest BCUT2D eigenvalue weighted by atomic mass is 9.85. The summed E-state index contributed by atoms with van der Waals surface area (Å²) in [6.45, 7) is 8.26. The second-order valence-electron chi connectivity index (χ2n) is 7.40. The molecule has 130 valence electrons. The van der Waals surface area contributed by atoms with Gasteiger partial charge in [-0.1, -0.05) is 32.9 Å². The van der Waals surface area contributed by atoms with Crippen LogP contribution in [0, 0.1) is 17.2 Å². The number of hydrogen-bond donors (Lipinski definition) is 2. The van der Waals surface area contributed by atoms with E-state index in [4.69, 9.17) is 0 Å². The highest BCUT2D eigenvalue weighted by Crippen LogP contribution is 2.30. The van der Waals surface area contributed by atoms with Crippen LogP contribution in [-0.2, 0) is 4.79 Å². The first-order valence-electron chi connectivity index (χ1n) is 8.12. The van der Waals surface area contributed by atoms with Crippen LogP contribution in [0.15, 0.2) is 24.3 Å². The Morgan fingerprint density at radius 2 is 1.83 bits per heavy atom. The molecule has 1 aromatic carbocycles. The van der Waals surface area contributed by atoms with Crippen LogP contribution in [0.4, 0.5) is 4.39 Å². The van der Waals surface area contributed by atoms with Crippen molar-refractivity contribution in [1.82, 2.24) is 10.6 Å². The molecule has 1 heterocycles. The van der Waals surface area contributed by atoms with E-state index in [1.807, 2.05) is 0 Å². The van der Waals surface area contributed by atoms with Crippen molar-refractivity contribution in [2.24, 2.45) is 11.3 Å². The summed E-state index contributed by atoms with van der Waals surface area (Å²) in [6, 6.07) is 6.40. The van der Waals surface area contributed by atoms with Gasteiger partial charge in [0.2, 0.25) is 5.91 Å². The van der Waals surface area contributed by atoms with Crippen molar-refractivity contribution in [1.29, 1.82) is 0 Å².